The maximum Gasteiger partial charge on any atom is 0.119 e. The van der Waals surface area contributed by atoms with Gasteiger partial charge in [-0.15, -0.1) is 0 Å². The molecule has 4 rings (SSSR count). The van der Waals surface area contributed by atoms with Crippen LogP contribution in [0.1, 0.15) is 30.4 Å². The molecule has 2 aromatic carbocycles. The molecule has 0 aromatic heterocycles. The first-order valence-electron chi connectivity index (χ1n) is 7.97. The van der Waals surface area contributed by atoms with Gasteiger partial charge in [-0.25, -0.2) is 0 Å². The van der Waals surface area contributed by atoms with E-state index in [1.807, 2.05) is 0 Å². The van der Waals surface area contributed by atoms with Crippen LogP contribution >= 0.6 is 0 Å². The van der Waals surface area contributed by atoms with Crippen molar-refractivity contribution in [1.29, 1.82) is 0 Å². The van der Waals surface area contributed by atoms with Gasteiger partial charge in [0.25, 0.3) is 0 Å². The predicted molar refractivity (Wildman–Crippen MR) is 86.0 cm³/mol. The minimum atomic E-state index is 0.479. The van der Waals surface area contributed by atoms with E-state index >= 15 is 0 Å². The highest BCUT2D eigenvalue weighted by Gasteiger charge is 2.23. The second-order valence-electron chi connectivity index (χ2n) is 6.20. The number of nitrogens with one attached hydrogen (secondary N) is 1. The quantitative estimate of drug-likeness (QED) is 0.905. The summed E-state index contributed by atoms with van der Waals surface area (Å²) in [7, 11) is 0. The van der Waals surface area contributed by atoms with Crippen molar-refractivity contribution >= 4 is 5.69 Å². The lowest BCUT2D eigenvalue weighted by Crippen LogP contribution is -2.27. The van der Waals surface area contributed by atoms with Crippen molar-refractivity contribution in [2.75, 3.05) is 5.32 Å². The molecule has 1 atom stereocenters. The number of aryl methyl sites for hydroxylation is 1. The van der Waals surface area contributed by atoms with Crippen molar-refractivity contribution in [2.24, 2.45) is 0 Å². The summed E-state index contributed by atoms with van der Waals surface area (Å²) >= 11 is 0. The Hall–Kier alpha value is -1.96. The normalized spacial score (nSPS) is 20.5. The van der Waals surface area contributed by atoms with E-state index in [1.54, 1.807) is 0 Å². The Kier molecular flexibility index (Phi) is 3.30. The van der Waals surface area contributed by atoms with E-state index in [4.69, 9.17) is 4.74 Å². The summed E-state index contributed by atoms with van der Waals surface area (Å²) < 4.78 is 5.80. The highest BCUT2D eigenvalue weighted by atomic mass is 16.5. The van der Waals surface area contributed by atoms with E-state index in [2.05, 4.69) is 53.8 Å². The Morgan fingerprint density at radius 3 is 2.57 bits per heavy atom. The highest BCUT2D eigenvalue weighted by Crippen LogP contribution is 2.28. The number of rotatable bonds is 4. The number of para-hydroxylation sites is 1. The molecule has 2 heteroatoms. The molecule has 0 amide bonds. The molecule has 0 bridgehead atoms. The second-order valence-corrected chi connectivity index (χ2v) is 6.20. The Labute approximate surface area is 126 Å². The molecule has 21 heavy (non-hydrogen) atoms. The van der Waals surface area contributed by atoms with Crippen molar-refractivity contribution in [1.82, 2.24) is 0 Å². The Morgan fingerprint density at radius 1 is 0.952 bits per heavy atom. The van der Waals surface area contributed by atoms with Crippen LogP contribution in [-0.4, -0.2) is 12.1 Å². The number of benzene rings is 2. The number of anilines is 1. The maximum absolute atomic E-state index is 5.80. The number of hydrogen-bond donors (Lipinski definition) is 1. The van der Waals surface area contributed by atoms with Gasteiger partial charge in [-0.3, -0.25) is 0 Å². The van der Waals surface area contributed by atoms with Gasteiger partial charge in [-0.2, -0.15) is 0 Å². The summed E-state index contributed by atoms with van der Waals surface area (Å²) in [5.41, 5.74) is 4.14. The van der Waals surface area contributed by atoms with Gasteiger partial charge in [-0.05, 0) is 61.4 Å². The average Bonchev–Trinajstić information content (AvgIpc) is 3.33. The molecule has 2 nitrogen and oxygen atoms in total. The van der Waals surface area contributed by atoms with Crippen LogP contribution in [0.3, 0.4) is 0 Å². The molecule has 1 aliphatic carbocycles. The minimum absolute atomic E-state index is 0.479. The third-order valence-corrected chi connectivity index (χ3v) is 4.37. The summed E-state index contributed by atoms with van der Waals surface area (Å²) in [6.07, 6.45) is 6.37. The molecule has 1 unspecified atom stereocenters. The van der Waals surface area contributed by atoms with Crippen molar-refractivity contribution < 1.29 is 4.74 Å². The van der Waals surface area contributed by atoms with Crippen molar-refractivity contribution in [2.45, 2.75) is 44.2 Å². The standard InChI is InChI=1S/C19H21NO/c1-2-4-19-15(3-1)7-8-16(20-19)13-14-5-9-17(10-6-14)21-18-11-12-18/h1-6,9-10,16,18,20H,7-8,11-13H2. The zero-order chi connectivity index (χ0) is 14.1. The van der Waals surface area contributed by atoms with Gasteiger partial charge in [0, 0.05) is 11.7 Å². The van der Waals surface area contributed by atoms with Gasteiger partial charge >= 0.3 is 0 Å². The van der Waals surface area contributed by atoms with E-state index in [-0.39, 0.29) is 0 Å². The first kappa shape index (κ1) is 12.8. The Morgan fingerprint density at radius 2 is 1.76 bits per heavy atom. The van der Waals surface area contributed by atoms with Crippen LogP contribution in [0.15, 0.2) is 48.5 Å². The minimum Gasteiger partial charge on any atom is -0.490 e. The Balaban J connectivity index is 1.39. The van der Waals surface area contributed by atoms with Gasteiger partial charge in [-0.1, -0.05) is 30.3 Å². The Bertz CT molecular complexity index is 616. The topological polar surface area (TPSA) is 21.3 Å². The van der Waals surface area contributed by atoms with E-state index in [9.17, 15) is 0 Å². The lowest BCUT2D eigenvalue weighted by molar-refractivity contribution is 0.303. The first-order valence-corrected chi connectivity index (χ1v) is 7.97. The molecule has 1 fully saturated rings. The highest BCUT2D eigenvalue weighted by molar-refractivity contribution is 5.54. The molecular formula is C19H21NO. The van der Waals surface area contributed by atoms with E-state index in [1.165, 1.54) is 42.5 Å². The fourth-order valence-electron chi connectivity index (χ4n) is 3.02. The number of ether oxygens (including phenoxy) is 1. The number of hydrogen-bond acceptors (Lipinski definition) is 2. The SMILES string of the molecule is c1ccc2c(c1)CCC(Cc1ccc(OC3CC3)cc1)N2. The molecule has 1 aliphatic heterocycles. The zero-order valence-electron chi connectivity index (χ0n) is 12.2. The molecule has 1 saturated carbocycles. The first-order chi connectivity index (χ1) is 10.4. The zero-order valence-corrected chi connectivity index (χ0v) is 12.2. The van der Waals surface area contributed by atoms with Gasteiger partial charge in [0.1, 0.15) is 5.75 Å². The van der Waals surface area contributed by atoms with Crippen molar-refractivity contribution in [3.8, 4) is 5.75 Å². The lowest BCUT2D eigenvalue weighted by atomic mass is 9.94. The smallest absolute Gasteiger partial charge is 0.119 e. The predicted octanol–water partition coefficient (Wildman–Crippen LogP) is 4.20. The maximum atomic E-state index is 5.80. The summed E-state index contributed by atoms with van der Waals surface area (Å²) in [6, 6.07) is 17.8. The molecule has 2 aliphatic rings. The van der Waals surface area contributed by atoms with Crippen LogP contribution in [0.4, 0.5) is 5.69 Å². The van der Waals surface area contributed by atoms with Crippen molar-refractivity contribution in [3.63, 3.8) is 0 Å². The van der Waals surface area contributed by atoms with E-state index < -0.39 is 0 Å². The van der Waals surface area contributed by atoms with Crippen LogP contribution in [-0.2, 0) is 12.8 Å². The third-order valence-electron chi connectivity index (χ3n) is 4.37. The third kappa shape index (κ3) is 3.05. The summed E-state index contributed by atoms with van der Waals surface area (Å²) in [6.45, 7) is 0. The molecule has 0 radical (unpaired) electrons. The molecule has 2 aromatic rings. The molecule has 1 heterocycles. The van der Waals surface area contributed by atoms with Gasteiger partial charge in [0.05, 0.1) is 6.10 Å². The van der Waals surface area contributed by atoms with E-state index in [0.29, 0.717) is 12.1 Å². The summed E-state index contributed by atoms with van der Waals surface area (Å²) in [4.78, 5) is 0. The van der Waals surface area contributed by atoms with Crippen LogP contribution < -0.4 is 10.1 Å². The fraction of sp³-hybridized carbons (Fsp3) is 0.368. The van der Waals surface area contributed by atoms with Gasteiger partial charge in [0.2, 0.25) is 0 Å². The average molecular weight is 279 g/mol. The summed E-state index contributed by atoms with van der Waals surface area (Å²) in [5, 5.41) is 3.67. The van der Waals surface area contributed by atoms with Crippen LogP contribution in [0, 0.1) is 0 Å². The van der Waals surface area contributed by atoms with Crippen LogP contribution in [0.25, 0.3) is 0 Å². The molecule has 1 N–H and O–H groups in total. The monoisotopic (exact) mass is 279 g/mol. The molecule has 108 valence electrons. The lowest BCUT2D eigenvalue weighted by Gasteiger charge is -2.27. The van der Waals surface area contributed by atoms with Crippen LogP contribution in [0.5, 0.6) is 5.75 Å². The van der Waals surface area contributed by atoms with E-state index in [0.717, 1.165) is 12.2 Å². The van der Waals surface area contributed by atoms with Gasteiger partial charge in [0.15, 0.2) is 0 Å². The van der Waals surface area contributed by atoms with Crippen LogP contribution in [0.2, 0.25) is 0 Å². The summed E-state index contributed by atoms with van der Waals surface area (Å²) in [5.74, 6) is 1.02. The second kappa shape index (κ2) is 5.44. The van der Waals surface area contributed by atoms with Gasteiger partial charge < -0.3 is 10.1 Å². The fourth-order valence-corrected chi connectivity index (χ4v) is 3.02. The molecule has 0 saturated heterocycles. The number of fused-ring (bicyclic) bond motifs is 1. The molecular weight excluding hydrogens is 258 g/mol. The molecule has 0 spiro atoms. The largest absolute Gasteiger partial charge is 0.490 e. The van der Waals surface area contributed by atoms with Crippen molar-refractivity contribution in [3.05, 3.63) is 59.7 Å².